The predicted octanol–water partition coefficient (Wildman–Crippen LogP) is 3.07. The number of rotatable bonds is 2. The zero-order chi connectivity index (χ0) is 13.4. The van der Waals surface area contributed by atoms with Gasteiger partial charge in [0, 0.05) is 11.3 Å². The van der Waals surface area contributed by atoms with Crippen LogP contribution in [0.2, 0.25) is 0 Å². The van der Waals surface area contributed by atoms with E-state index in [1.165, 1.54) is 5.56 Å². The molecular formula is C15H21NO2. The number of carbonyl (C=O) groups excluding carboxylic acids is 1. The van der Waals surface area contributed by atoms with Crippen LogP contribution in [-0.4, -0.2) is 11.0 Å². The monoisotopic (exact) mass is 247 g/mol. The van der Waals surface area contributed by atoms with Gasteiger partial charge in [0.25, 0.3) is 0 Å². The van der Waals surface area contributed by atoms with Crippen LogP contribution in [0.15, 0.2) is 18.2 Å². The van der Waals surface area contributed by atoms with Gasteiger partial charge in [0.2, 0.25) is 5.91 Å². The van der Waals surface area contributed by atoms with Crippen LogP contribution >= 0.6 is 0 Å². The average molecular weight is 247 g/mol. The zero-order valence-corrected chi connectivity index (χ0v) is 11.4. The number of aliphatic hydroxyl groups is 1. The molecule has 1 amide bonds. The number of amides is 1. The lowest BCUT2D eigenvalue weighted by Gasteiger charge is -2.32. The molecule has 3 nitrogen and oxygen atoms in total. The van der Waals surface area contributed by atoms with Gasteiger partial charge in [-0.25, -0.2) is 0 Å². The maximum absolute atomic E-state index is 12.0. The van der Waals surface area contributed by atoms with Crippen LogP contribution in [-0.2, 0) is 4.79 Å². The van der Waals surface area contributed by atoms with Crippen LogP contribution in [0.5, 0.6) is 0 Å². The highest BCUT2D eigenvalue weighted by atomic mass is 16.3. The van der Waals surface area contributed by atoms with E-state index in [0.717, 1.165) is 11.3 Å². The maximum Gasteiger partial charge on any atom is 0.230 e. The highest BCUT2D eigenvalue weighted by molar-refractivity contribution is 5.96. The summed E-state index contributed by atoms with van der Waals surface area (Å²) in [7, 11) is 0. The lowest BCUT2D eigenvalue weighted by Crippen LogP contribution is -2.36. The normalized spacial score (nSPS) is 23.2. The van der Waals surface area contributed by atoms with E-state index in [1.807, 2.05) is 32.0 Å². The molecule has 0 aliphatic carbocycles. The summed E-state index contributed by atoms with van der Waals surface area (Å²) in [6.07, 6.45) is -0.701. The van der Waals surface area contributed by atoms with Crippen molar-refractivity contribution in [3.05, 3.63) is 29.3 Å². The Balaban J connectivity index is 2.45. The lowest BCUT2D eigenvalue weighted by molar-refractivity contribution is -0.126. The molecule has 0 fully saturated rings. The average Bonchev–Trinajstić information content (AvgIpc) is 2.27. The molecule has 0 saturated heterocycles. The van der Waals surface area contributed by atoms with Crippen molar-refractivity contribution in [2.75, 3.05) is 5.32 Å². The van der Waals surface area contributed by atoms with E-state index >= 15 is 0 Å². The third kappa shape index (κ3) is 2.15. The Morgan fingerprint density at radius 1 is 1.22 bits per heavy atom. The van der Waals surface area contributed by atoms with E-state index in [0.29, 0.717) is 5.92 Å². The molecule has 1 aromatic carbocycles. The first kappa shape index (κ1) is 13.1. The van der Waals surface area contributed by atoms with E-state index in [-0.39, 0.29) is 17.7 Å². The summed E-state index contributed by atoms with van der Waals surface area (Å²) in [4.78, 5) is 12.0. The van der Waals surface area contributed by atoms with Crippen molar-refractivity contribution in [2.45, 2.75) is 39.7 Å². The minimum atomic E-state index is -0.701. The van der Waals surface area contributed by atoms with Crippen molar-refractivity contribution in [3.8, 4) is 0 Å². The predicted molar refractivity (Wildman–Crippen MR) is 72.4 cm³/mol. The van der Waals surface area contributed by atoms with Gasteiger partial charge < -0.3 is 10.4 Å². The third-order valence-corrected chi connectivity index (χ3v) is 3.68. The number of hydrogen-bond donors (Lipinski definition) is 2. The summed E-state index contributed by atoms with van der Waals surface area (Å²) >= 11 is 0. The van der Waals surface area contributed by atoms with Gasteiger partial charge in [-0.1, -0.05) is 39.8 Å². The Kier molecular flexibility index (Phi) is 3.44. The quantitative estimate of drug-likeness (QED) is 0.843. The number of nitrogens with one attached hydrogen (secondary N) is 1. The molecule has 0 aromatic heterocycles. The molecule has 3 heteroatoms. The molecule has 0 saturated carbocycles. The number of carbonyl (C=O) groups is 1. The van der Waals surface area contributed by atoms with Crippen molar-refractivity contribution in [1.29, 1.82) is 0 Å². The highest BCUT2D eigenvalue weighted by Crippen LogP contribution is 2.38. The topological polar surface area (TPSA) is 49.3 Å². The Hall–Kier alpha value is -1.35. The minimum absolute atomic E-state index is 0.0812. The SMILES string of the molecule is CC(C)c1ccc2c(c1)C(O)C(C(C)C)C(=O)N2. The van der Waals surface area contributed by atoms with Gasteiger partial charge >= 0.3 is 0 Å². The molecule has 2 N–H and O–H groups in total. The molecule has 0 radical (unpaired) electrons. The smallest absolute Gasteiger partial charge is 0.230 e. The Labute approximate surface area is 108 Å². The fraction of sp³-hybridized carbons (Fsp3) is 0.533. The molecule has 2 rings (SSSR count). The van der Waals surface area contributed by atoms with Crippen molar-refractivity contribution in [1.82, 2.24) is 0 Å². The standard InChI is InChI=1S/C15H21NO2/c1-8(2)10-5-6-12-11(7-10)14(17)13(9(3)4)15(18)16-12/h5-9,13-14,17H,1-4H3,(H,16,18). The third-order valence-electron chi connectivity index (χ3n) is 3.68. The first-order chi connectivity index (χ1) is 8.41. The van der Waals surface area contributed by atoms with Crippen molar-refractivity contribution < 1.29 is 9.90 Å². The molecule has 0 spiro atoms. The molecule has 1 heterocycles. The van der Waals surface area contributed by atoms with Gasteiger partial charge in [-0.2, -0.15) is 0 Å². The summed E-state index contributed by atoms with van der Waals surface area (Å²) in [5, 5.41) is 13.3. The molecule has 1 aliphatic heterocycles. The van der Waals surface area contributed by atoms with Crippen LogP contribution in [0.4, 0.5) is 5.69 Å². The molecule has 1 aliphatic rings. The zero-order valence-electron chi connectivity index (χ0n) is 11.4. The second-order valence-electron chi connectivity index (χ2n) is 5.71. The first-order valence-electron chi connectivity index (χ1n) is 6.54. The summed E-state index contributed by atoms with van der Waals surface area (Å²) in [5.41, 5.74) is 2.78. The summed E-state index contributed by atoms with van der Waals surface area (Å²) < 4.78 is 0. The van der Waals surface area contributed by atoms with E-state index in [2.05, 4.69) is 19.2 Å². The highest BCUT2D eigenvalue weighted by Gasteiger charge is 2.36. The Bertz CT molecular complexity index is 466. The van der Waals surface area contributed by atoms with Crippen LogP contribution < -0.4 is 5.32 Å². The number of anilines is 1. The van der Waals surface area contributed by atoms with Crippen molar-refractivity contribution in [2.24, 2.45) is 11.8 Å². The lowest BCUT2D eigenvalue weighted by atomic mass is 9.81. The van der Waals surface area contributed by atoms with E-state index in [4.69, 9.17) is 0 Å². The van der Waals surface area contributed by atoms with Gasteiger partial charge in [-0.3, -0.25) is 4.79 Å². The minimum Gasteiger partial charge on any atom is -0.387 e. The second-order valence-corrected chi connectivity index (χ2v) is 5.71. The van der Waals surface area contributed by atoms with Gasteiger partial charge in [0.05, 0.1) is 12.0 Å². The van der Waals surface area contributed by atoms with E-state index in [9.17, 15) is 9.90 Å². The van der Waals surface area contributed by atoms with Gasteiger partial charge in [0.15, 0.2) is 0 Å². The maximum atomic E-state index is 12.0. The van der Waals surface area contributed by atoms with Gasteiger partial charge in [-0.15, -0.1) is 0 Å². The summed E-state index contributed by atoms with van der Waals surface area (Å²) in [6.45, 7) is 8.17. The molecule has 0 bridgehead atoms. The van der Waals surface area contributed by atoms with Crippen LogP contribution in [0.25, 0.3) is 0 Å². The van der Waals surface area contributed by atoms with Crippen molar-refractivity contribution in [3.63, 3.8) is 0 Å². The number of hydrogen-bond acceptors (Lipinski definition) is 2. The summed E-state index contributed by atoms with van der Waals surface area (Å²) in [6, 6.07) is 5.91. The molecule has 1 aromatic rings. The largest absolute Gasteiger partial charge is 0.387 e. The molecule has 18 heavy (non-hydrogen) atoms. The van der Waals surface area contributed by atoms with Gasteiger partial charge in [-0.05, 0) is 23.5 Å². The molecule has 98 valence electrons. The summed E-state index contributed by atoms with van der Waals surface area (Å²) in [5.74, 6) is 0.0932. The fourth-order valence-electron chi connectivity index (χ4n) is 2.52. The van der Waals surface area contributed by atoms with E-state index in [1.54, 1.807) is 0 Å². The van der Waals surface area contributed by atoms with Crippen LogP contribution in [0, 0.1) is 11.8 Å². The Morgan fingerprint density at radius 2 is 1.89 bits per heavy atom. The van der Waals surface area contributed by atoms with Crippen molar-refractivity contribution >= 4 is 11.6 Å². The van der Waals surface area contributed by atoms with Crippen LogP contribution in [0.1, 0.15) is 50.8 Å². The second kappa shape index (κ2) is 4.73. The fourth-order valence-corrected chi connectivity index (χ4v) is 2.52. The molecule has 2 atom stereocenters. The number of aliphatic hydroxyl groups excluding tert-OH is 1. The molecule has 2 unspecified atom stereocenters. The number of fused-ring (bicyclic) bond motifs is 1. The number of benzene rings is 1. The molecular weight excluding hydrogens is 226 g/mol. The Morgan fingerprint density at radius 3 is 2.44 bits per heavy atom. The van der Waals surface area contributed by atoms with Gasteiger partial charge in [0.1, 0.15) is 0 Å². The van der Waals surface area contributed by atoms with E-state index < -0.39 is 6.10 Å². The first-order valence-corrected chi connectivity index (χ1v) is 6.54. The van der Waals surface area contributed by atoms with Crippen LogP contribution in [0.3, 0.4) is 0 Å².